The number of carbonyl (C=O) groups is 3. The number of alkyl halides is 3. The summed E-state index contributed by atoms with van der Waals surface area (Å²) in [5.41, 5.74) is 4.08. The van der Waals surface area contributed by atoms with Crippen LogP contribution in [0.15, 0.2) is 203 Å². The number of pyridine rings is 1. The molecule has 2 amide bonds. The fraction of sp³-hybridized carbons (Fsp3) is 0.170. The lowest BCUT2D eigenvalue weighted by Crippen LogP contribution is -2.71. The van der Waals surface area contributed by atoms with E-state index in [-0.39, 0.29) is 28.6 Å². The van der Waals surface area contributed by atoms with Crippen LogP contribution in [0.1, 0.15) is 39.6 Å². The quantitative estimate of drug-likeness (QED) is 0.0175. The Labute approximate surface area is 414 Å². The van der Waals surface area contributed by atoms with Gasteiger partial charge >= 0.3 is 12.1 Å². The number of thiazole rings is 1. The molecule has 0 bridgehead atoms. The van der Waals surface area contributed by atoms with Crippen molar-refractivity contribution in [1.82, 2.24) is 15.2 Å². The number of β-lactam (4-membered cyclic amide) rings is 1. The lowest BCUT2D eigenvalue weighted by molar-refractivity contribution is -0.719. The van der Waals surface area contributed by atoms with E-state index in [1.807, 2.05) is 152 Å². The number of esters is 1. The minimum Gasteiger partial charge on any atom is -0.448 e. The molecule has 1 fully saturated rings. The molecule has 2 N–H and O–H groups in total. The average Bonchev–Trinajstić information content (AvgIpc) is 3.86. The van der Waals surface area contributed by atoms with Gasteiger partial charge in [-0.1, -0.05) is 157 Å². The Hall–Kier alpha value is -7.21. The molecule has 1 saturated heterocycles. The third-order valence-corrected chi connectivity index (χ3v) is 14.8. The molecule has 0 unspecified atom stereocenters. The molecule has 2 aromatic heterocycles. The largest absolute Gasteiger partial charge is 0.448 e. The average molecular weight is 998 g/mol. The van der Waals surface area contributed by atoms with Crippen LogP contribution in [0.25, 0.3) is 0 Å². The Morgan fingerprint density at radius 2 is 1.34 bits per heavy atom. The summed E-state index contributed by atoms with van der Waals surface area (Å²) >= 11 is 3.95. The molecule has 4 heterocycles. The Morgan fingerprint density at radius 1 is 0.814 bits per heavy atom. The van der Waals surface area contributed by atoms with E-state index in [9.17, 15) is 27.6 Å². The number of halogens is 3. The first kappa shape index (κ1) is 47.8. The summed E-state index contributed by atoms with van der Waals surface area (Å²) < 4.78 is 46.5. The molecule has 2 atom stereocenters. The fourth-order valence-corrected chi connectivity index (χ4v) is 11.6. The van der Waals surface area contributed by atoms with Gasteiger partial charge < -0.3 is 20.2 Å². The highest BCUT2D eigenvalue weighted by atomic mass is 32.2. The number of hydrogen-bond donors (Lipinski definition) is 2. The molecule has 354 valence electrons. The smallest absolute Gasteiger partial charge is 0.448 e. The van der Waals surface area contributed by atoms with E-state index >= 15 is 0 Å². The van der Waals surface area contributed by atoms with Crippen LogP contribution in [0.4, 0.5) is 18.3 Å². The fourth-order valence-electron chi connectivity index (χ4n) is 8.44. The summed E-state index contributed by atoms with van der Waals surface area (Å²) in [6.07, 6.45) is -2.51. The van der Waals surface area contributed by atoms with Gasteiger partial charge in [0.2, 0.25) is 6.54 Å². The first-order valence-corrected chi connectivity index (χ1v) is 24.9. The molecule has 0 aliphatic carbocycles. The lowest BCUT2D eigenvalue weighted by Gasteiger charge is -2.49. The van der Waals surface area contributed by atoms with Gasteiger partial charge in [0.05, 0.1) is 0 Å². The number of ether oxygens (including phenoxy) is 1. The van der Waals surface area contributed by atoms with Crippen LogP contribution >= 0.6 is 34.9 Å². The maximum atomic E-state index is 14.6. The molecule has 7 aromatic rings. The predicted octanol–water partition coefficient (Wildman–Crippen LogP) is 9.53. The summed E-state index contributed by atoms with van der Waals surface area (Å²) in [5.74, 6) is -1.49. The number of amides is 2. The molecule has 5 aromatic carbocycles. The number of anilines is 1. The molecule has 9 rings (SSSR count). The van der Waals surface area contributed by atoms with E-state index < -0.39 is 53.6 Å². The van der Waals surface area contributed by atoms with Crippen molar-refractivity contribution in [1.29, 1.82) is 0 Å². The predicted molar refractivity (Wildman–Crippen MR) is 265 cm³/mol. The van der Waals surface area contributed by atoms with Crippen LogP contribution in [0.5, 0.6) is 0 Å². The summed E-state index contributed by atoms with van der Waals surface area (Å²) in [6, 6.07) is 50.6. The van der Waals surface area contributed by atoms with Gasteiger partial charge in [-0.3, -0.25) is 14.5 Å². The molecule has 2 aliphatic heterocycles. The molecule has 0 spiro atoms. The van der Waals surface area contributed by atoms with E-state index in [0.717, 1.165) is 21.3 Å². The zero-order chi connectivity index (χ0) is 48.7. The Balaban J connectivity index is 0.979. The van der Waals surface area contributed by atoms with E-state index in [2.05, 4.69) is 15.8 Å². The van der Waals surface area contributed by atoms with Gasteiger partial charge in [-0.15, -0.1) is 34.9 Å². The van der Waals surface area contributed by atoms with Crippen molar-refractivity contribution in [2.75, 3.05) is 23.9 Å². The molecular weight excluding hydrogens is 954 g/mol. The summed E-state index contributed by atoms with van der Waals surface area (Å²) in [6.45, 7) is -1.13. The molecule has 11 nitrogen and oxygen atoms in total. The summed E-state index contributed by atoms with van der Waals surface area (Å²) in [7, 11) is 1.31. The lowest BCUT2D eigenvalue weighted by atomic mass is 9.77. The molecule has 17 heteroatoms. The first-order chi connectivity index (χ1) is 34.0. The zero-order valence-electron chi connectivity index (χ0n) is 37.4. The number of thioether (sulfide) groups is 2. The normalized spacial score (nSPS) is 16.0. The highest BCUT2D eigenvalue weighted by molar-refractivity contribution is 8.01. The number of aromatic nitrogens is 2. The number of rotatable bonds is 17. The van der Waals surface area contributed by atoms with Crippen molar-refractivity contribution < 1.29 is 41.7 Å². The maximum Gasteiger partial charge on any atom is 0.448 e. The number of hydrogen-bond acceptors (Lipinski definition) is 11. The van der Waals surface area contributed by atoms with Gasteiger partial charge in [-0.2, -0.15) is 17.7 Å². The highest BCUT2D eigenvalue weighted by Crippen LogP contribution is 2.44. The highest BCUT2D eigenvalue weighted by Gasteiger charge is 2.55. The van der Waals surface area contributed by atoms with Crippen molar-refractivity contribution in [2.45, 2.75) is 40.7 Å². The Kier molecular flexibility index (Phi) is 14.5. The van der Waals surface area contributed by atoms with Gasteiger partial charge in [-0.05, 0) is 33.4 Å². The second kappa shape index (κ2) is 21.2. The van der Waals surface area contributed by atoms with Gasteiger partial charge in [0.15, 0.2) is 29.3 Å². The second-order valence-corrected chi connectivity index (χ2v) is 19.2. The van der Waals surface area contributed by atoms with Crippen molar-refractivity contribution in [3.8, 4) is 0 Å². The Bertz CT molecular complexity index is 2870. The zero-order valence-corrected chi connectivity index (χ0v) is 39.8. The monoisotopic (exact) mass is 997 g/mol. The van der Waals surface area contributed by atoms with Crippen LogP contribution in [0, 0.1) is 0 Å². The summed E-state index contributed by atoms with van der Waals surface area (Å²) in [5, 5.41) is 12.1. The van der Waals surface area contributed by atoms with E-state index in [1.165, 1.54) is 59.3 Å². The van der Waals surface area contributed by atoms with Crippen molar-refractivity contribution in [3.05, 3.63) is 226 Å². The topological polar surface area (TPSA) is 126 Å². The molecular formula is C53H44F3N6O5S3+. The third-order valence-electron chi connectivity index (χ3n) is 11.7. The SMILES string of the molecule is CON=C(C(=O)N[C@@H]1C(=O)N2C(C(=O)OC(c3ccccc3)c3ccccc3)=C(CSc3cc[n+](CC(F)(F)F)cc3)CS[C@H]12)c1csc(NC(c2ccccc2)(c2ccccc2)c2ccccc2)n1. The molecule has 2 aliphatic rings. The van der Waals surface area contributed by atoms with Crippen LogP contribution in [-0.4, -0.2) is 69.6 Å². The van der Waals surface area contributed by atoms with Crippen LogP contribution in [0.3, 0.4) is 0 Å². The van der Waals surface area contributed by atoms with Crippen LogP contribution in [0.2, 0.25) is 0 Å². The number of carbonyl (C=O) groups excluding carboxylic acids is 3. The summed E-state index contributed by atoms with van der Waals surface area (Å²) in [4.78, 5) is 55.4. The molecule has 70 heavy (non-hydrogen) atoms. The minimum absolute atomic E-state index is 0.0476. The number of fused-ring (bicyclic) bond motifs is 1. The molecule has 0 saturated carbocycles. The number of nitrogens with one attached hydrogen (secondary N) is 2. The van der Waals surface area contributed by atoms with Gasteiger partial charge in [0, 0.05) is 33.9 Å². The van der Waals surface area contributed by atoms with Gasteiger partial charge in [-0.25, -0.2) is 9.78 Å². The first-order valence-electron chi connectivity index (χ1n) is 22.0. The molecule has 0 radical (unpaired) electrons. The van der Waals surface area contributed by atoms with Crippen LogP contribution < -0.4 is 15.2 Å². The van der Waals surface area contributed by atoms with Crippen molar-refractivity contribution in [3.63, 3.8) is 0 Å². The number of oxime groups is 1. The Morgan fingerprint density at radius 3 is 1.86 bits per heavy atom. The van der Waals surface area contributed by atoms with E-state index in [4.69, 9.17) is 14.6 Å². The maximum absolute atomic E-state index is 14.6. The third kappa shape index (κ3) is 10.4. The number of nitrogens with zero attached hydrogens (tertiary/aromatic N) is 4. The van der Waals surface area contributed by atoms with Gasteiger partial charge in [0.1, 0.15) is 35.5 Å². The van der Waals surface area contributed by atoms with E-state index in [1.54, 1.807) is 17.5 Å². The van der Waals surface area contributed by atoms with Gasteiger partial charge in [0.25, 0.3) is 11.8 Å². The van der Waals surface area contributed by atoms with Crippen LogP contribution in [-0.2, 0) is 36.0 Å². The minimum atomic E-state index is -4.38. The van der Waals surface area contributed by atoms with Crippen molar-refractivity contribution in [2.24, 2.45) is 5.16 Å². The second-order valence-electron chi connectivity index (χ2n) is 16.2. The van der Waals surface area contributed by atoms with Crippen molar-refractivity contribution >= 4 is 63.5 Å². The number of benzene rings is 5. The standard InChI is InChI=1S/C53H43F3N6O5S3/c1-66-60-43(42-33-70-51(57-42)59-53(38-21-11-4-12-22-38,39-23-13-5-14-24-39)40-25-15-6-16-26-40)47(63)58-44-48(64)62-45(50(65)67-46(35-17-7-2-8-18-35)36-19-9-3-10-20-36)37(32-69-49(44)62)31-68-41-27-29-61(30-28-41)34-52(54,55)56/h2-30,33,44,46,49H,31-32,34H2,1H3,(H-,57,58,59,63)/p+1/t44-,49-/m1/s1. The van der Waals surface area contributed by atoms with E-state index in [0.29, 0.717) is 26.7 Å².